The average Bonchev–Trinajstić information content (AvgIpc) is 2.78. The Kier molecular flexibility index (Phi) is 3.88. The SMILES string of the molecule is C/C(C[C@@]1(O)C(=O)N(Cc2ccccc2)c2ccccc21)=N/O. The second-order valence-corrected chi connectivity index (χ2v) is 5.77. The van der Waals surface area contributed by atoms with Gasteiger partial charge in [-0.3, -0.25) is 4.79 Å². The lowest BCUT2D eigenvalue weighted by Crippen LogP contribution is -2.41. The largest absolute Gasteiger partial charge is 0.411 e. The molecule has 1 heterocycles. The van der Waals surface area contributed by atoms with Crippen LogP contribution in [0, 0.1) is 0 Å². The first kappa shape index (κ1) is 15.2. The lowest BCUT2D eigenvalue weighted by atomic mass is 9.90. The zero-order chi connectivity index (χ0) is 16.4. The number of carbonyl (C=O) groups excluding carboxylic acids is 1. The maximum Gasteiger partial charge on any atom is 0.264 e. The summed E-state index contributed by atoms with van der Waals surface area (Å²) in [5.41, 5.74) is 0.824. The molecule has 2 aromatic carbocycles. The van der Waals surface area contributed by atoms with E-state index in [0.717, 1.165) is 5.56 Å². The highest BCUT2D eigenvalue weighted by Gasteiger charge is 2.49. The molecule has 0 aliphatic carbocycles. The minimum Gasteiger partial charge on any atom is -0.411 e. The zero-order valence-corrected chi connectivity index (χ0v) is 12.8. The van der Waals surface area contributed by atoms with E-state index >= 15 is 0 Å². The van der Waals surface area contributed by atoms with Crippen LogP contribution in [0.3, 0.4) is 0 Å². The Balaban J connectivity index is 2.01. The van der Waals surface area contributed by atoms with Gasteiger partial charge in [0.05, 0.1) is 17.9 Å². The summed E-state index contributed by atoms with van der Waals surface area (Å²) in [7, 11) is 0. The van der Waals surface area contributed by atoms with Crippen LogP contribution in [0.1, 0.15) is 24.5 Å². The van der Waals surface area contributed by atoms with E-state index in [1.54, 1.807) is 24.0 Å². The molecule has 0 spiro atoms. The molecular formula is C18H18N2O3. The van der Waals surface area contributed by atoms with E-state index in [4.69, 9.17) is 5.21 Å². The molecule has 1 aliphatic rings. The third-order valence-electron chi connectivity index (χ3n) is 4.11. The first-order valence-corrected chi connectivity index (χ1v) is 7.41. The lowest BCUT2D eigenvalue weighted by molar-refractivity contribution is -0.135. The van der Waals surface area contributed by atoms with Gasteiger partial charge in [-0.05, 0) is 18.6 Å². The van der Waals surface area contributed by atoms with Crippen LogP contribution in [-0.2, 0) is 16.9 Å². The number of aliphatic hydroxyl groups is 1. The molecule has 1 amide bonds. The second kappa shape index (κ2) is 5.85. The van der Waals surface area contributed by atoms with Gasteiger partial charge in [0.1, 0.15) is 0 Å². The van der Waals surface area contributed by atoms with E-state index in [9.17, 15) is 9.90 Å². The minimum absolute atomic E-state index is 0.0371. The van der Waals surface area contributed by atoms with Gasteiger partial charge in [0.25, 0.3) is 5.91 Å². The Morgan fingerprint density at radius 2 is 1.78 bits per heavy atom. The van der Waals surface area contributed by atoms with Crippen LogP contribution in [0.4, 0.5) is 5.69 Å². The minimum atomic E-state index is -1.69. The summed E-state index contributed by atoms with van der Waals surface area (Å²) in [5.74, 6) is -0.398. The van der Waals surface area contributed by atoms with Crippen LogP contribution >= 0.6 is 0 Å². The Morgan fingerprint density at radius 1 is 1.13 bits per heavy atom. The van der Waals surface area contributed by atoms with Crippen LogP contribution in [0.2, 0.25) is 0 Å². The predicted molar refractivity (Wildman–Crippen MR) is 87.5 cm³/mol. The Morgan fingerprint density at radius 3 is 2.48 bits per heavy atom. The Hall–Kier alpha value is -2.66. The highest BCUT2D eigenvalue weighted by atomic mass is 16.4. The molecule has 118 valence electrons. The summed E-state index contributed by atoms with van der Waals surface area (Å²) in [6.45, 7) is 1.96. The highest BCUT2D eigenvalue weighted by Crippen LogP contribution is 2.43. The van der Waals surface area contributed by atoms with Crippen molar-refractivity contribution < 1.29 is 15.1 Å². The highest BCUT2D eigenvalue weighted by molar-refractivity contribution is 6.09. The molecule has 23 heavy (non-hydrogen) atoms. The summed E-state index contributed by atoms with van der Waals surface area (Å²) in [6, 6.07) is 16.8. The van der Waals surface area contributed by atoms with E-state index in [1.165, 1.54) is 0 Å². The van der Waals surface area contributed by atoms with Gasteiger partial charge in [-0.2, -0.15) is 0 Å². The molecular weight excluding hydrogens is 292 g/mol. The predicted octanol–water partition coefficient (Wildman–Crippen LogP) is 2.66. The van der Waals surface area contributed by atoms with Crippen LogP contribution in [-0.4, -0.2) is 21.9 Å². The fourth-order valence-corrected chi connectivity index (χ4v) is 3.01. The molecule has 3 rings (SSSR count). The number of para-hydroxylation sites is 1. The molecule has 2 N–H and O–H groups in total. The van der Waals surface area contributed by atoms with Gasteiger partial charge in [0.15, 0.2) is 5.60 Å². The van der Waals surface area contributed by atoms with E-state index in [0.29, 0.717) is 23.5 Å². The number of hydrogen-bond donors (Lipinski definition) is 2. The molecule has 0 saturated carbocycles. The molecule has 0 radical (unpaired) electrons. The van der Waals surface area contributed by atoms with Crippen molar-refractivity contribution in [2.24, 2.45) is 5.16 Å². The van der Waals surface area contributed by atoms with Gasteiger partial charge in [-0.1, -0.05) is 53.7 Å². The van der Waals surface area contributed by atoms with Crippen molar-refractivity contribution in [3.8, 4) is 0 Å². The number of nitrogens with zero attached hydrogens (tertiary/aromatic N) is 2. The standard InChI is InChI=1S/C18H18N2O3/c1-13(19-23)11-18(22)15-9-5-6-10-16(15)20(17(18)21)12-14-7-3-2-4-8-14/h2-10,22-23H,11-12H2,1H3/b19-13-/t18-/m0/s1. The molecule has 0 aromatic heterocycles. The number of hydrogen-bond acceptors (Lipinski definition) is 4. The maximum absolute atomic E-state index is 12.9. The van der Waals surface area contributed by atoms with Crippen molar-refractivity contribution in [2.75, 3.05) is 4.90 Å². The average molecular weight is 310 g/mol. The first-order valence-electron chi connectivity index (χ1n) is 7.41. The Labute approximate surface area is 134 Å². The summed E-state index contributed by atoms with van der Waals surface area (Å²) in [4.78, 5) is 14.5. The monoisotopic (exact) mass is 310 g/mol. The molecule has 2 aromatic rings. The zero-order valence-electron chi connectivity index (χ0n) is 12.8. The summed E-state index contributed by atoms with van der Waals surface area (Å²) in [6.07, 6.45) is -0.0371. The number of oxime groups is 1. The van der Waals surface area contributed by atoms with Crippen LogP contribution in [0.25, 0.3) is 0 Å². The molecule has 5 nitrogen and oxygen atoms in total. The quantitative estimate of drug-likeness (QED) is 0.518. The fraction of sp³-hybridized carbons (Fsp3) is 0.222. The van der Waals surface area contributed by atoms with Gasteiger partial charge in [-0.15, -0.1) is 0 Å². The van der Waals surface area contributed by atoms with Crippen molar-refractivity contribution in [2.45, 2.75) is 25.5 Å². The van der Waals surface area contributed by atoms with Gasteiger partial charge in [0, 0.05) is 12.0 Å². The van der Waals surface area contributed by atoms with Gasteiger partial charge in [-0.25, -0.2) is 0 Å². The molecule has 0 saturated heterocycles. The smallest absolute Gasteiger partial charge is 0.264 e. The summed E-state index contributed by atoms with van der Waals surface area (Å²) < 4.78 is 0. The third kappa shape index (κ3) is 2.59. The first-order chi connectivity index (χ1) is 11.1. The van der Waals surface area contributed by atoms with Crippen LogP contribution in [0.5, 0.6) is 0 Å². The number of carbonyl (C=O) groups is 1. The molecule has 0 fully saturated rings. The lowest BCUT2D eigenvalue weighted by Gasteiger charge is -2.23. The van der Waals surface area contributed by atoms with E-state index < -0.39 is 11.5 Å². The Bertz CT molecular complexity index is 758. The van der Waals surface area contributed by atoms with Crippen LogP contribution < -0.4 is 4.90 Å². The topological polar surface area (TPSA) is 73.1 Å². The molecule has 0 unspecified atom stereocenters. The second-order valence-electron chi connectivity index (χ2n) is 5.77. The number of anilines is 1. The molecule has 5 heteroatoms. The number of rotatable bonds is 4. The maximum atomic E-state index is 12.9. The number of amides is 1. The van der Waals surface area contributed by atoms with Gasteiger partial charge in [0.2, 0.25) is 0 Å². The van der Waals surface area contributed by atoms with Crippen molar-refractivity contribution in [3.63, 3.8) is 0 Å². The van der Waals surface area contributed by atoms with Gasteiger partial charge >= 0.3 is 0 Å². The molecule has 1 atom stereocenters. The summed E-state index contributed by atoms with van der Waals surface area (Å²) in [5, 5.41) is 23.0. The van der Waals surface area contributed by atoms with E-state index in [2.05, 4.69) is 5.16 Å². The number of fused-ring (bicyclic) bond motifs is 1. The van der Waals surface area contributed by atoms with E-state index in [1.807, 2.05) is 42.5 Å². The van der Waals surface area contributed by atoms with Crippen molar-refractivity contribution in [1.29, 1.82) is 0 Å². The fourth-order valence-electron chi connectivity index (χ4n) is 3.01. The summed E-state index contributed by atoms with van der Waals surface area (Å²) >= 11 is 0. The molecule has 0 bridgehead atoms. The normalized spacial score (nSPS) is 20.7. The van der Waals surface area contributed by atoms with Crippen molar-refractivity contribution in [3.05, 3.63) is 65.7 Å². The van der Waals surface area contributed by atoms with Crippen LogP contribution in [0.15, 0.2) is 59.8 Å². The van der Waals surface area contributed by atoms with E-state index in [-0.39, 0.29) is 6.42 Å². The third-order valence-corrected chi connectivity index (χ3v) is 4.11. The van der Waals surface area contributed by atoms with Crippen molar-refractivity contribution >= 4 is 17.3 Å². The molecule has 1 aliphatic heterocycles. The number of benzene rings is 2. The van der Waals surface area contributed by atoms with Gasteiger partial charge < -0.3 is 15.2 Å². The van der Waals surface area contributed by atoms with Crippen molar-refractivity contribution in [1.82, 2.24) is 0 Å².